The number of hydrogen-bond acceptors (Lipinski definition) is 2. The first-order valence-electron chi connectivity index (χ1n) is 4.45. The minimum atomic E-state index is -0.491. The third kappa shape index (κ3) is 3.27. The largest absolute Gasteiger partial charge is 0.369 e. The van der Waals surface area contributed by atoms with Crippen LogP contribution in [-0.2, 0) is 4.79 Å². The summed E-state index contributed by atoms with van der Waals surface area (Å²) >= 11 is 0. The predicted octanol–water partition coefficient (Wildman–Crippen LogP) is 0.674. The fourth-order valence-electron chi connectivity index (χ4n) is 1.17. The molecule has 1 aromatic carbocycles. The molecule has 4 nitrogen and oxygen atoms in total. The van der Waals surface area contributed by atoms with Gasteiger partial charge in [-0.05, 0) is 11.6 Å². The molecule has 0 aliphatic carbocycles. The molecule has 4 N–H and O–H groups in total. The summed E-state index contributed by atoms with van der Waals surface area (Å²) in [7, 11) is 0. The van der Waals surface area contributed by atoms with Crippen LogP contribution in [0.3, 0.4) is 0 Å². The van der Waals surface area contributed by atoms with E-state index in [9.17, 15) is 9.59 Å². The Labute approximate surface area is 87.6 Å². The molecule has 0 atom stereocenters. The van der Waals surface area contributed by atoms with E-state index in [-0.39, 0.29) is 6.42 Å². The van der Waals surface area contributed by atoms with Crippen LogP contribution >= 0.6 is 0 Å². The van der Waals surface area contributed by atoms with Crippen molar-refractivity contribution in [3.05, 3.63) is 41.5 Å². The van der Waals surface area contributed by atoms with E-state index in [2.05, 4.69) is 0 Å². The molecule has 0 saturated carbocycles. The molecule has 0 spiro atoms. The molecule has 0 fully saturated rings. The minimum Gasteiger partial charge on any atom is -0.369 e. The number of carbonyl (C=O) groups is 2. The van der Waals surface area contributed by atoms with Gasteiger partial charge in [0.05, 0.1) is 0 Å². The highest BCUT2D eigenvalue weighted by molar-refractivity contribution is 5.96. The van der Waals surface area contributed by atoms with Crippen molar-refractivity contribution in [2.45, 2.75) is 6.42 Å². The molecule has 0 aromatic heterocycles. The fraction of sp³-hybridized carbons (Fsp3) is 0.0909. The lowest BCUT2D eigenvalue weighted by Crippen LogP contribution is -2.12. The second kappa shape index (κ2) is 4.95. The van der Waals surface area contributed by atoms with Crippen LogP contribution in [0.15, 0.2) is 30.3 Å². The average Bonchev–Trinajstić information content (AvgIpc) is 2.17. The first-order chi connectivity index (χ1) is 7.11. The molecule has 0 aliphatic heterocycles. The summed E-state index contributed by atoms with van der Waals surface area (Å²) in [5, 5.41) is 0. The number of benzene rings is 1. The van der Waals surface area contributed by atoms with Crippen LogP contribution in [-0.4, -0.2) is 11.8 Å². The lowest BCUT2D eigenvalue weighted by molar-refractivity contribution is -0.117. The Morgan fingerprint density at radius 1 is 1.20 bits per heavy atom. The highest BCUT2D eigenvalue weighted by atomic mass is 16.1. The van der Waals surface area contributed by atoms with Crippen LogP contribution < -0.4 is 11.5 Å². The zero-order chi connectivity index (χ0) is 11.3. The van der Waals surface area contributed by atoms with Gasteiger partial charge in [0, 0.05) is 12.0 Å². The molecular formula is C11H12N2O2. The van der Waals surface area contributed by atoms with E-state index in [1.807, 2.05) is 0 Å². The van der Waals surface area contributed by atoms with Crippen molar-refractivity contribution in [1.82, 2.24) is 0 Å². The molecule has 0 bridgehead atoms. The number of amides is 2. The van der Waals surface area contributed by atoms with Crippen LogP contribution in [0.2, 0.25) is 0 Å². The maximum atomic E-state index is 11.0. The summed E-state index contributed by atoms with van der Waals surface area (Å²) in [6.07, 6.45) is 3.40. The SMILES string of the molecule is NC(=O)CC=Cc1ccccc1C(N)=O. The predicted molar refractivity (Wildman–Crippen MR) is 57.8 cm³/mol. The molecule has 0 heterocycles. The Kier molecular flexibility index (Phi) is 3.62. The van der Waals surface area contributed by atoms with Crippen molar-refractivity contribution in [1.29, 1.82) is 0 Å². The second-order valence-corrected chi connectivity index (χ2v) is 3.02. The van der Waals surface area contributed by atoms with Gasteiger partial charge in [-0.15, -0.1) is 0 Å². The second-order valence-electron chi connectivity index (χ2n) is 3.02. The molecule has 0 saturated heterocycles. The van der Waals surface area contributed by atoms with E-state index >= 15 is 0 Å². The van der Waals surface area contributed by atoms with E-state index in [0.29, 0.717) is 11.1 Å². The molecule has 4 heteroatoms. The van der Waals surface area contributed by atoms with Crippen molar-refractivity contribution in [2.75, 3.05) is 0 Å². The summed E-state index contributed by atoms with van der Waals surface area (Å²) in [5.74, 6) is -0.905. The van der Waals surface area contributed by atoms with E-state index in [0.717, 1.165) is 0 Å². The molecule has 2 amide bonds. The highest BCUT2D eigenvalue weighted by Gasteiger charge is 2.03. The van der Waals surface area contributed by atoms with Gasteiger partial charge in [0.2, 0.25) is 11.8 Å². The first-order valence-corrected chi connectivity index (χ1v) is 4.45. The lowest BCUT2D eigenvalue weighted by atomic mass is 10.1. The summed E-state index contributed by atoms with van der Waals surface area (Å²) in [5.41, 5.74) is 11.3. The Balaban J connectivity index is 2.89. The van der Waals surface area contributed by atoms with Crippen LogP contribution in [0.1, 0.15) is 22.3 Å². The summed E-state index contributed by atoms with van der Waals surface area (Å²) in [6, 6.07) is 6.89. The molecule has 78 valence electrons. The molecule has 0 radical (unpaired) electrons. The molecule has 1 aromatic rings. The van der Waals surface area contributed by atoms with E-state index in [1.54, 1.807) is 36.4 Å². The van der Waals surface area contributed by atoms with Crippen LogP contribution in [0.4, 0.5) is 0 Å². The van der Waals surface area contributed by atoms with Crippen LogP contribution in [0.5, 0.6) is 0 Å². The number of primary amides is 2. The van der Waals surface area contributed by atoms with Gasteiger partial charge in [0.15, 0.2) is 0 Å². The first kappa shape index (κ1) is 11.0. The van der Waals surface area contributed by atoms with Crippen molar-refractivity contribution in [3.8, 4) is 0 Å². The Morgan fingerprint density at radius 3 is 2.47 bits per heavy atom. The number of nitrogens with two attached hydrogens (primary N) is 2. The Morgan fingerprint density at radius 2 is 1.87 bits per heavy atom. The highest BCUT2D eigenvalue weighted by Crippen LogP contribution is 2.10. The van der Waals surface area contributed by atoms with E-state index in [1.165, 1.54) is 0 Å². The zero-order valence-electron chi connectivity index (χ0n) is 8.14. The standard InChI is InChI=1S/C11H12N2O2/c12-10(14)7-3-5-8-4-1-2-6-9(8)11(13)15/h1-6H,7H2,(H2,12,14)(H2,13,15). The van der Waals surface area contributed by atoms with E-state index in [4.69, 9.17) is 11.5 Å². The Bertz CT molecular complexity index is 411. The smallest absolute Gasteiger partial charge is 0.249 e. The summed E-state index contributed by atoms with van der Waals surface area (Å²) in [6.45, 7) is 0. The Hall–Kier alpha value is -2.10. The van der Waals surface area contributed by atoms with Crippen LogP contribution in [0.25, 0.3) is 6.08 Å². The maximum Gasteiger partial charge on any atom is 0.249 e. The fourth-order valence-corrected chi connectivity index (χ4v) is 1.17. The van der Waals surface area contributed by atoms with E-state index < -0.39 is 11.8 Å². The maximum absolute atomic E-state index is 11.0. The number of rotatable bonds is 4. The van der Waals surface area contributed by atoms with Crippen molar-refractivity contribution in [2.24, 2.45) is 11.5 Å². The van der Waals surface area contributed by atoms with Gasteiger partial charge >= 0.3 is 0 Å². The quantitative estimate of drug-likeness (QED) is 0.755. The number of hydrogen-bond donors (Lipinski definition) is 2. The lowest BCUT2D eigenvalue weighted by Gasteiger charge is -2.00. The van der Waals surface area contributed by atoms with Crippen LogP contribution in [0, 0.1) is 0 Å². The molecule has 0 unspecified atom stereocenters. The third-order valence-corrected chi connectivity index (χ3v) is 1.84. The minimum absolute atomic E-state index is 0.146. The van der Waals surface area contributed by atoms with Crippen molar-refractivity contribution in [3.63, 3.8) is 0 Å². The van der Waals surface area contributed by atoms with Gasteiger partial charge in [0.1, 0.15) is 0 Å². The van der Waals surface area contributed by atoms with Gasteiger partial charge in [-0.2, -0.15) is 0 Å². The topological polar surface area (TPSA) is 86.2 Å². The van der Waals surface area contributed by atoms with Gasteiger partial charge in [0.25, 0.3) is 0 Å². The van der Waals surface area contributed by atoms with Gasteiger partial charge in [-0.25, -0.2) is 0 Å². The van der Waals surface area contributed by atoms with Gasteiger partial charge in [-0.1, -0.05) is 30.4 Å². The summed E-state index contributed by atoms with van der Waals surface area (Å²) < 4.78 is 0. The third-order valence-electron chi connectivity index (χ3n) is 1.84. The molecule has 0 aliphatic rings. The van der Waals surface area contributed by atoms with Crippen molar-refractivity contribution >= 4 is 17.9 Å². The summed E-state index contributed by atoms with van der Waals surface area (Å²) in [4.78, 5) is 21.5. The normalized spacial score (nSPS) is 10.4. The van der Waals surface area contributed by atoms with Gasteiger partial charge < -0.3 is 11.5 Å². The monoisotopic (exact) mass is 204 g/mol. The number of carbonyl (C=O) groups excluding carboxylic acids is 2. The van der Waals surface area contributed by atoms with Crippen molar-refractivity contribution < 1.29 is 9.59 Å². The molecule has 15 heavy (non-hydrogen) atoms. The van der Waals surface area contributed by atoms with Gasteiger partial charge in [-0.3, -0.25) is 9.59 Å². The molecule has 1 rings (SSSR count). The average molecular weight is 204 g/mol. The molecular weight excluding hydrogens is 192 g/mol. The zero-order valence-corrected chi connectivity index (χ0v) is 8.14.